The van der Waals surface area contributed by atoms with E-state index in [0.717, 1.165) is 5.56 Å². The lowest BCUT2D eigenvalue weighted by atomic mass is 10.1. The fourth-order valence-electron chi connectivity index (χ4n) is 2.06. The minimum Gasteiger partial charge on any atom is -0.399 e. The van der Waals surface area contributed by atoms with Gasteiger partial charge in [0.2, 0.25) is 0 Å². The molecule has 0 saturated heterocycles. The molecule has 0 aromatic carbocycles. The van der Waals surface area contributed by atoms with E-state index in [9.17, 15) is 10.1 Å². The molecule has 0 aliphatic heterocycles. The number of aromatic nitrogens is 3. The average molecular weight is 285 g/mol. The number of nitrogens with two attached hydrogens (primary N) is 1. The van der Waals surface area contributed by atoms with Gasteiger partial charge in [-0.3, -0.25) is 19.8 Å². The monoisotopic (exact) mass is 285 g/mol. The van der Waals surface area contributed by atoms with Crippen LogP contribution in [0.15, 0.2) is 41.1 Å². The maximum absolute atomic E-state index is 10.7. The maximum atomic E-state index is 10.7. The van der Waals surface area contributed by atoms with Gasteiger partial charge >= 0.3 is 5.88 Å². The van der Waals surface area contributed by atoms with Crippen LogP contribution in [0.5, 0.6) is 0 Å². The second kappa shape index (κ2) is 4.75. The third-order valence-corrected chi connectivity index (χ3v) is 3.05. The summed E-state index contributed by atoms with van der Waals surface area (Å²) in [7, 11) is 1.69. The van der Waals surface area contributed by atoms with Crippen LogP contribution in [-0.2, 0) is 7.05 Å². The van der Waals surface area contributed by atoms with Crippen LogP contribution < -0.4 is 5.73 Å². The first-order valence-electron chi connectivity index (χ1n) is 6.05. The molecule has 2 N–H and O–H groups in total. The molecule has 8 nitrogen and oxygen atoms in total. The minimum absolute atomic E-state index is 0.285. The lowest BCUT2D eigenvalue weighted by Crippen LogP contribution is -1.98. The van der Waals surface area contributed by atoms with E-state index in [0.29, 0.717) is 17.1 Å². The zero-order valence-corrected chi connectivity index (χ0v) is 11.1. The van der Waals surface area contributed by atoms with Crippen LogP contribution in [0.4, 0.5) is 11.7 Å². The summed E-state index contributed by atoms with van der Waals surface area (Å²) in [6.45, 7) is 0. The first-order valence-corrected chi connectivity index (χ1v) is 6.05. The summed E-state index contributed by atoms with van der Waals surface area (Å²) in [5.41, 5.74) is 7.87. The molecular weight excluding hydrogens is 274 g/mol. The summed E-state index contributed by atoms with van der Waals surface area (Å²) in [6, 6.07) is 6.39. The minimum atomic E-state index is -0.598. The van der Waals surface area contributed by atoms with Gasteiger partial charge in [0, 0.05) is 25.0 Å². The summed E-state index contributed by atoms with van der Waals surface area (Å²) in [5, 5.41) is 15.0. The summed E-state index contributed by atoms with van der Waals surface area (Å²) in [4.78, 5) is 14.2. The van der Waals surface area contributed by atoms with Gasteiger partial charge in [-0.2, -0.15) is 5.10 Å². The van der Waals surface area contributed by atoms with E-state index in [4.69, 9.17) is 10.2 Å². The van der Waals surface area contributed by atoms with E-state index in [-0.39, 0.29) is 11.6 Å². The van der Waals surface area contributed by atoms with Crippen molar-refractivity contribution in [2.24, 2.45) is 7.05 Å². The third kappa shape index (κ3) is 2.12. The second-order valence-corrected chi connectivity index (χ2v) is 4.37. The Morgan fingerprint density at radius 3 is 2.81 bits per heavy atom. The SMILES string of the molecule is Cn1nc(-c2ccc([N+](=O)[O-])o2)c(-c2cccnc2)c1N. The Kier molecular flexibility index (Phi) is 2.90. The molecule has 0 atom stereocenters. The van der Waals surface area contributed by atoms with Gasteiger partial charge in [0.15, 0.2) is 5.76 Å². The molecule has 0 spiro atoms. The lowest BCUT2D eigenvalue weighted by molar-refractivity contribution is -0.401. The molecule has 0 fully saturated rings. The van der Waals surface area contributed by atoms with Crippen molar-refractivity contribution in [3.8, 4) is 22.6 Å². The molecule has 21 heavy (non-hydrogen) atoms. The van der Waals surface area contributed by atoms with E-state index in [1.54, 1.807) is 25.5 Å². The Morgan fingerprint density at radius 2 is 2.19 bits per heavy atom. The van der Waals surface area contributed by atoms with Crippen LogP contribution >= 0.6 is 0 Å². The number of furan rings is 1. The number of anilines is 1. The van der Waals surface area contributed by atoms with E-state index in [2.05, 4.69) is 10.1 Å². The summed E-state index contributed by atoms with van der Waals surface area (Å²) >= 11 is 0. The van der Waals surface area contributed by atoms with Gasteiger partial charge in [-0.15, -0.1) is 0 Å². The molecule has 0 aliphatic carbocycles. The Hall–Kier alpha value is -3.16. The molecule has 0 radical (unpaired) electrons. The van der Waals surface area contributed by atoms with Gasteiger partial charge in [0.25, 0.3) is 0 Å². The number of nitrogen functional groups attached to an aromatic ring is 1. The highest BCUT2D eigenvalue weighted by molar-refractivity contribution is 5.86. The van der Waals surface area contributed by atoms with Crippen molar-refractivity contribution in [1.82, 2.24) is 14.8 Å². The summed E-state index contributed by atoms with van der Waals surface area (Å²) in [6.07, 6.45) is 3.29. The number of pyridine rings is 1. The molecule has 106 valence electrons. The van der Waals surface area contributed by atoms with Gasteiger partial charge in [0.05, 0.1) is 11.6 Å². The van der Waals surface area contributed by atoms with E-state index in [1.807, 2.05) is 6.07 Å². The normalized spacial score (nSPS) is 10.7. The number of hydrogen-bond acceptors (Lipinski definition) is 6. The standard InChI is InChI=1S/C13H11N5O3/c1-17-13(14)11(8-3-2-6-15-7-8)12(16-17)9-4-5-10(21-9)18(19)20/h2-7H,14H2,1H3. The van der Waals surface area contributed by atoms with Crippen LogP contribution in [0, 0.1) is 10.1 Å². The first-order chi connectivity index (χ1) is 10.1. The maximum Gasteiger partial charge on any atom is 0.433 e. The predicted molar refractivity (Wildman–Crippen MR) is 75.2 cm³/mol. The van der Waals surface area contributed by atoms with Crippen molar-refractivity contribution < 1.29 is 9.34 Å². The Labute approximate surface area is 119 Å². The molecule has 0 bridgehead atoms. The summed E-state index contributed by atoms with van der Waals surface area (Å²) in [5.74, 6) is 0.372. The molecule has 3 heterocycles. The molecule has 3 aromatic heterocycles. The summed E-state index contributed by atoms with van der Waals surface area (Å²) < 4.78 is 6.70. The fraction of sp³-hybridized carbons (Fsp3) is 0.0769. The quantitative estimate of drug-likeness (QED) is 0.583. The number of rotatable bonds is 3. The van der Waals surface area contributed by atoms with Crippen LogP contribution in [0.2, 0.25) is 0 Å². The van der Waals surface area contributed by atoms with Gasteiger partial charge in [0.1, 0.15) is 16.4 Å². The van der Waals surface area contributed by atoms with Crippen LogP contribution in [0.25, 0.3) is 22.6 Å². The van der Waals surface area contributed by atoms with E-state index in [1.165, 1.54) is 16.8 Å². The molecule has 0 saturated carbocycles. The zero-order valence-electron chi connectivity index (χ0n) is 11.1. The Balaban J connectivity index is 2.19. The number of nitrogens with zero attached hydrogens (tertiary/aromatic N) is 4. The van der Waals surface area contributed by atoms with E-state index >= 15 is 0 Å². The van der Waals surface area contributed by atoms with Gasteiger partial charge in [-0.25, -0.2) is 0 Å². The average Bonchev–Trinajstić information content (AvgIpc) is 3.06. The topological polar surface area (TPSA) is 113 Å². The van der Waals surface area contributed by atoms with Crippen molar-refractivity contribution in [1.29, 1.82) is 0 Å². The molecule has 3 aromatic rings. The van der Waals surface area contributed by atoms with Crippen molar-refractivity contribution >= 4 is 11.7 Å². The third-order valence-electron chi connectivity index (χ3n) is 3.05. The molecule has 0 amide bonds. The highest BCUT2D eigenvalue weighted by atomic mass is 16.6. The predicted octanol–water partition coefficient (Wildman–Crippen LogP) is 2.23. The molecule has 0 unspecified atom stereocenters. The van der Waals surface area contributed by atoms with Gasteiger partial charge < -0.3 is 10.2 Å². The number of aryl methyl sites for hydroxylation is 1. The Bertz CT molecular complexity index is 807. The number of hydrogen-bond donors (Lipinski definition) is 1. The molecule has 3 rings (SSSR count). The second-order valence-electron chi connectivity index (χ2n) is 4.37. The first kappa shape index (κ1) is 12.9. The highest BCUT2D eigenvalue weighted by Crippen LogP contribution is 2.37. The van der Waals surface area contributed by atoms with Crippen molar-refractivity contribution in [2.45, 2.75) is 0 Å². The molecule has 8 heteroatoms. The van der Waals surface area contributed by atoms with Gasteiger partial charge in [-0.1, -0.05) is 6.07 Å². The smallest absolute Gasteiger partial charge is 0.399 e. The van der Waals surface area contributed by atoms with Crippen LogP contribution in [0.3, 0.4) is 0 Å². The van der Waals surface area contributed by atoms with Crippen molar-refractivity contribution in [2.75, 3.05) is 5.73 Å². The van der Waals surface area contributed by atoms with Crippen LogP contribution in [0.1, 0.15) is 0 Å². The fourth-order valence-corrected chi connectivity index (χ4v) is 2.06. The largest absolute Gasteiger partial charge is 0.433 e. The van der Waals surface area contributed by atoms with Crippen molar-refractivity contribution in [3.05, 3.63) is 46.8 Å². The molecular formula is C13H11N5O3. The number of nitro groups is 1. The lowest BCUT2D eigenvalue weighted by Gasteiger charge is -2.01. The van der Waals surface area contributed by atoms with Crippen LogP contribution in [-0.4, -0.2) is 19.7 Å². The van der Waals surface area contributed by atoms with Gasteiger partial charge in [-0.05, 0) is 12.1 Å². The van der Waals surface area contributed by atoms with E-state index < -0.39 is 4.92 Å². The van der Waals surface area contributed by atoms with Crippen molar-refractivity contribution in [3.63, 3.8) is 0 Å². The highest BCUT2D eigenvalue weighted by Gasteiger charge is 2.22. The zero-order chi connectivity index (χ0) is 15.0. The molecule has 0 aliphatic rings. The Morgan fingerprint density at radius 1 is 1.38 bits per heavy atom.